The SMILES string of the molecule is Cc1nn(Cc2ccccc2)c(Cl)c1C(=O)NCC(C)(c1ccccc1)c1ccccc1. The monoisotopic (exact) mass is 443 g/mol. The Morgan fingerprint density at radius 1 is 0.906 bits per heavy atom. The highest BCUT2D eigenvalue weighted by Gasteiger charge is 2.30. The molecule has 0 unspecified atom stereocenters. The second-order valence-corrected chi connectivity index (χ2v) is 8.50. The predicted octanol–water partition coefficient (Wildman–Crippen LogP) is 5.63. The topological polar surface area (TPSA) is 46.9 Å². The van der Waals surface area contributed by atoms with Gasteiger partial charge < -0.3 is 5.32 Å². The quantitative estimate of drug-likeness (QED) is 0.402. The molecule has 32 heavy (non-hydrogen) atoms. The highest BCUT2D eigenvalue weighted by Crippen LogP contribution is 2.31. The second kappa shape index (κ2) is 9.41. The van der Waals surface area contributed by atoms with Crippen LogP contribution in [-0.4, -0.2) is 22.2 Å². The number of amides is 1. The number of rotatable bonds is 7. The summed E-state index contributed by atoms with van der Waals surface area (Å²) in [7, 11) is 0. The summed E-state index contributed by atoms with van der Waals surface area (Å²) in [5.74, 6) is -0.218. The van der Waals surface area contributed by atoms with E-state index < -0.39 is 5.41 Å². The molecule has 0 bridgehead atoms. The van der Waals surface area contributed by atoms with Gasteiger partial charge in [-0.1, -0.05) is 103 Å². The number of benzene rings is 3. The normalized spacial score (nSPS) is 11.3. The molecule has 4 aromatic rings. The van der Waals surface area contributed by atoms with E-state index in [9.17, 15) is 4.79 Å². The maximum Gasteiger partial charge on any atom is 0.256 e. The molecule has 0 radical (unpaired) electrons. The smallest absolute Gasteiger partial charge is 0.256 e. The van der Waals surface area contributed by atoms with E-state index in [4.69, 9.17) is 11.6 Å². The van der Waals surface area contributed by atoms with Crippen LogP contribution in [0.3, 0.4) is 0 Å². The lowest BCUT2D eigenvalue weighted by molar-refractivity contribution is 0.0947. The number of nitrogens with zero attached hydrogens (tertiary/aromatic N) is 2. The Morgan fingerprint density at radius 3 is 1.94 bits per heavy atom. The van der Waals surface area contributed by atoms with E-state index in [-0.39, 0.29) is 5.91 Å². The zero-order chi connectivity index (χ0) is 22.6. The minimum Gasteiger partial charge on any atom is -0.351 e. The number of carbonyl (C=O) groups is 1. The number of hydrogen-bond acceptors (Lipinski definition) is 2. The Hall–Kier alpha value is -3.37. The molecule has 1 aromatic heterocycles. The fraction of sp³-hybridized carbons (Fsp3) is 0.185. The van der Waals surface area contributed by atoms with Crippen molar-refractivity contribution in [2.24, 2.45) is 0 Å². The molecule has 0 spiro atoms. The lowest BCUT2D eigenvalue weighted by atomic mass is 9.76. The van der Waals surface area contributed by atoms with E-state index in [2.05, 4.69) is 41.6 Å². The summed E-state index contributed by atoms with van der Waals surface area (Å²) in [6.45, 7) is 4.90. The van der Waals surface area contributed by atoms with Crippen LogP contribution in [0.5, 0.6) is 0 Å². The van der Waals surface area contributed by atoms with Crippen molar-refractivity contribution in [2.75, 3.05) is 6.54 Å². The van der Waals surface area contributed by atoms with Crippen molar-refractivity contribution in [1.29, 1.82) is 0 Å². The summed E-state index contributed by atoms with van der Waals surface area (Å²) in [5.41, 5.74) is 3.99. The summed E-state index contributed by atoms with van der Waals surface area (Å²) in [6, 6.07) is 30.4. The van der Waals surface area contributed by atoms with Crippen molar-refractivity contribution in [3.8, 4) is 0 Å². The molecule has 0 aliphatic heterocycles. The maximum atomic E-state index is 13.2. The van der Waals surface area contributed by atoms with Crippen LogP contribution in [0.2, 0.25) is 5.15 Å². The van der Waals surface area contributed by atoms with Crippen molar-refractivity contribution >= 4 is 17.5 Å². The fourth-order valence-electron chi connectivity index (χ4n) is 4.00. The van der Waals surface area contributed by atoms with Gasteiger partial charge in [0.1, 0.15) is 5.15 Å². The first-order valence-electron chi connectivity index (χ1n) is 10.6. The van der Waals surface area contributed by atoms with E-state index in [1.807, 2.05) is 73.7 Å². The van der Waals surface area contributed by atoms with Gasteiger partial charge in [-0.25, -0.2) is 4.68 Å². The molecule has 0 saturated carbocycles. The van der Waals surface area contributed by atoms with Gasteiger partial charge in [0.15, 0.2) is 0 Å². The molecular formula is C27H26ClN3O. The van der Waals surface area contributed by atoms with Crippen molar-refractivity contribution in [2.45, 2.75) is 25.8 Å². The number of nitrogens with one attached hydrogen (secondary N) is 1. The number of aryl methyl sites for hydroxylation is 1. The molecular weight excluding hydrogens is 418 g/mol. The van der Waals surface area contributed by atoms with Gasteiger partial charge in [0.25, 0.3) is 5.91 Å². The summed E-state index contributed by atoms with van der Waals surface area (Å²) in [4.78, 5) is 13.2. The zero-order valence-corrected chi connectivity index (χ0v) is 19.0. The van der Waals surface area contributed by atoms with Crippen LogP contribution in [0.25, 0.3) is 0 Å². The lowest BCUT2D eigenvalue weighted by Crippen LogP contribution is -2.39. The van der Waals surface area contributed by atoms with E-state index in [0.29, 0.717) is 29.5 Å². The average molecular weight is 444 g/mol. The van der Waals surface area contributed by atoms with Crippen molar-refractivity contribution < 1.29 is 4.79 Å². The van der Waals surface area contributed by atoms with Gasteiger partial charge in [0.2, 0.25) is 0 Å². The number of halogens is 1. The molecule has 5 heteroatoms. The molecule has 4 rings (SSSR count). The van der Waals surface area contributed by atoms with Crippen molar-refractivity contribution in [1.82, 2.24) is 15.1 Å². The molecule has 0 fully saturated rings. The summed E-state index contributed by atoms with van der Waals surface area (Å²) in [5, 5.41) is 7.98. The first kappa shape index (κ1) is 21.8. The highest BCUT2D eigenvalue weighted by atomic mass is 35.5. The van der Waals surface area contributed by atoms with Crippen molar-refractivity contribution in [3.05, 3.63) is 124 Å². The highest BCUT2D eigenvalue weighted by molar-refractivity contribution is 6.33. The third kappa shape index (κ3) is 4.46. The van der Waals surface area contributed by atoms with Gasteiger partial charge in [-0.05, 0) is 30.5 Å². The molecule has 0 atom stereocenters. The third-order valence-corrected chi connectivity index (χ3v) is 6.28. The Labute approximate surface area is 193 Å². The second-order valence-electron chi connectivity index (χ2n) is 8.14. The Balaban J connectivity index is 1.58. The Bertz CT molecular complexity index is 1150. The summed E-state index contributed by atoms with van der Waals surface area (Å²) >= 11 is 6.60. The lowest BCUT2D eigenvalue weighted by Gasteiger charge is -2.31. The van der Waals surface area contributed by atoms with Crippen LogP contribution in [0, 0.1) is 6.92 Å². The molecule has 162 valence electrons. The van der Waals surface area contributed by atoms with Crippen LogP contribution < -0.4 is 5.32 Å². The van der Waals surface area contributed by atoms with Gasteiger partial charge in [0, 0.05) is 12.0 Å². The first-order chi connectivity index (χ1) is 15.5. The zero-order valence-electron chi connectivity index (χ0n) is 18.3. The summed E-state index contributed by atoms with van der Waals surface area (Å²) < 4.78 is 1.68. The Morgan fingerprint density at radius 2 is 1.41 bits per heavy atom. The minimum atomic E-state index is -0.390. The third-order valence-electron chi connectivity index (χ3n) is 5.89. The van der Waals surface area contributed by atoms with Crippen LogP contribution in [0.4, 0.5) is 0 Å². The predicted molar refractivity (Wildman–Crippen MR) is 129 cm³/mol. The van der Waals surface area contributed by atoms with E-state index >= 15 is 0 Å². The fourth-order valence-corrected chi connectivity index (χ4v) is 4.32. The van der Waals surface area contributed by atoms with E-state index in [1.54, 1.807) is 4.68 Å². The van der Waals surface area contributed by atoms with Gasteiger partial charge in [-0.15, -0.1) is 0 Å². The van der Waals surface area contributed by atoms with E-state index in [0.717, 1.165) is 16.7 Å². The number of hydrogen-bond donors (Lipinski definition) is 1. The minimum absolute atomic E-state index is 0.218. The molecule has 0 saturated heterocycles. The van der Waals surface area contributed by atoms with Gasteiger partial charge in [-0.3, -0.25) is 4.79 Å². The standard InChI is InChI=1S/C27H26ClN3O/c1-20-24(25(28)31(30-20)18-21-12-6-3-7-13-21)26(32)29-19-27(2,22-14-8-4-9-15-22)23-16-10-5-11-17-23/h3-17H,18-19H2,1-2H3,(H,29,32). The first-order valence-corrected chi connectivity index (χ1v) is 11.0. The summed E-state index contributed by atoms with van der Waals surface area (Å²) in [6.07, 6.45) is 0. The molecule has 4 nitrogen and oxygen atoms in total. The maximum absolute atomic E-state index is 13.2. The van der Waals surface area contributed by atoms with Crippen LogP contribution in [0.15, 0.2) is 91.0 Å². The number of carbonyl (C=O) groups excluding carboxylic acids is 1. The van der Waals surface area contributed by atoms with Gasteiger partial charge in [-0.2, -0.15) is 5.10 Å². The van der Waals surface area contributed by atoms with Crippen LogP contribution in [0.1, 0.15) is 39.7 Å². The molecule has 0 aliphatic carbocycles. The molecule has 1 heterocycles. The van der Waals surface area contributed by atoms with Gasteiger partial charge >= 0.3 is 0 Å². The average Bonchev–Trinajstić information content (AvgIpc) is 3.11. The molecule has 1 N–H and O–H groups in total. The van der Waals surface area contributed by atoms with Crippen molar-refractivity contribution in [3.63, 3.8) is 0 Å². The molecule has 1 amide bonds. The molecule has 3 aromatic carbocycles. The largest absolute Gasteiger partial charge is 0.351 e. The van der Waals surface area contributed by atoms with E-state index in [1.165, 1.54) is 0 Å². The molecule has 0 aliphatic rings. The Kier molecular flexibility index (Phi) is 6.42. The van der Waals surface area contributed by atoms with Crippen LogP contribution in [-0.2, 0) is 12.0 Å². The van der Waals surface area contributed by atoms with Gasteiger partial charge in [0.05, 0.1) is 17.8 Å². The number of aromatic nitrogens is 2. The van der Waals surface area contributed by atoms with Crippen LogP contribution >= 0.6 is 11.6 Å².